The highest BCUT2D eigenvalue weighted by Crippen LogP contribution is 2.10. The Morgan fingerprint density at radius 1 is 1.44 bits per heavy atom. The number of nitrogens with two attached hydrogens (primary N) is 1. The van der Waals surface area contributed by atoms with Crippen molar-refractivity contribution in [3.8, 4) is 0 Å². The van der Waals surface area contributed by atoms with Gasteiger partial charge in [0.15, 0.2) is 0 Å². The Morgan fingerprint density at radius 2 is 2.17 bits per heavy atom. The van der Waals surface area contributed by atoms with Crippen LogP contribution in [0.3, 0.4) is 0 Å². The Hall–Kier alpha value is -1.49. The number of carbonyl (C=O) groups excluding carboxylic acids is 1. The molecule has 0 fully saturated rings. The fraction of sp³-hybridized carbons (Fsp3) is 0.462. The van der Waals surface area contributed by atoms with Gasteiger partial charge in [0.2, 0.25) is 5.91 Å². The summed E-state index contributed by atoms with van der Waals surface area (Å²) >= 11 is 0. The largest absolute Gasteiger partial charge is 0.352 e. The van der Waals surface area contributed by atoms with E-state index in [0.29, 0.717) is 13.0 Å². The normalized spacial score (nSPS) is 12.2. The molecule has 3 nitrogen and oxygen atoms in total. The van der Waals surface area contributed by atoms with Gasteiger partial charge >= 0.3 is 0 Å². The van der Waals surface area contributed by atoms with Gasteiger partial charge in [0, 0.05) is 18.5 Å². The highest BCUT2D eigenvalue weighted by molar-refractivity contribution is 5.76. The van der Waals surface area contributed by atoms with Crippen LogP contribution in [0.15, 0.2) is 18.2 Å². The van der Waals surface area contributed by atoms with Crippen LogP contribution in [0, 0.1) is 17.6 Å². The van der Waals surface area contributed by atoms with Gasteiger partial charge < -0.3 is 11.1 Å². The fourth-order valence-corrected chi connectivity index (χ4v) is 1.60. The highest BCUT2D eigenvalue weighted by Gasteiger charge is 2.11. The van der Waals surface area contributed by atoms with E-state index in [1.165, 1.54) is 0 Å². The Labute approximate surface area is 105 Å². The van der Waals surface area contributed by atoms with Gasteiger partial charge in [-0.15, -0.1) is 0 Å². The SMILES string of the molecule is CCC(CN)CC(=O)NCc1cc(F)ccc1F. The van der Waals surface area contributed by atoms with Crippen LogP contribution in [-0.2, 0) is 11.3 Å². The lowest BCUT2D eigenvalue weighted by molar-refractivity contribution is -0.122. The van der Waals surface area contributed by atoms with Crippen LogP contribution in [0.1, 0.15) is 25.3 Å². The van der Waals surface area contributed by atoms with E-state index < -0.39 is 11.6 Å². The maximum absolute atomic E-state index is 13.3. The predicted molar refractivity (Wildman–Crippen MR) is 65.7 cm³/mol. The lowest BCUT2D eigenvalue weighted by atomic mass is 10.0. The van der Waals surface area contributed by atoms with Gasteiger partial charge in [0.05, 0.1) is 0 Å². The second kappa shape index (κ2) is 7.06. The van der Waals surface area contributed by atoms with E-state index in [-0.39, 0.29) is 23.9 Å². The van der Waals surface area contributed by atoms with Gasteiger partial charge in [-0.1, -0.05) is 13.3 Å². The summed E-state index contributed by atoms with van der Waals surface area (Å²) in [5, 5.41) is 2.56. The number of hydrogen-bond donors (Lipinski definition) is 2. The smallest absolute Gasteiger partial charge is 0.220 e. The van der Waals surface area contributed by atoms with Crippen molar-refractivity contribution in [2.45, 2.75) is 26.3 Å². The summed E-state index contributed by atoms with van der Waals surface area (Å²) in [4.78, 5) is 11.6. The second-order valence-corrected chi connectivity index (χ2v) is 4.23. The van der Waals surface area contributed by atoms with Crippen molar-refractivity contribution >= 4 is 5.91 Å². The maximum Gasteiger partial charge on any atom is 0.220 e. The third-order valence-corrected chi connectivity index (χ3v) is 2.87. The zero-order valence-corrected chi connectivity index (χ0v) is 10.4. The average molecular weight is 256 g/mol. The number of benzene rings is 1. The standard InChI is InChI=1S/C13H18F2N2O/c1-2-9(7-16)5-13(18)17-8-10-6-11(14)3-4-12(10)15/h3-4,6,9H,2,5,7-8,16H2,1H3,(H,17,18). The van der Waals surface area contributed by atoms with E-state index in [2.05, 4.69) is 5.32 Å². The third-order valence-electron chi connectivity index (χ3n) is 2.87. The number of rotatable bonds is 6. The molecule has 1 unspecified atom stereocenters. The minimum atomic E-state index is -0.525. The molecular weight excluding hydrogens is 238 g/mol. The van der Waals surface area contributed by atoms with Gasteiger partial charge in [-0.05, 0) is 30.7 Å². The molecule has 0 heterocycles. The molecule has 0 aliphatic rings. The summed E-state index contributed by atoms with van der Waals surface area (Å²) in [7, 11) is 0. The molecule has 1 rings (SSSR count). The van der Waals surface area contributed by atoms with Crippen LogP contribution >= 0.6 is 0 Å². The topological polar surface area (TPSA) is 55.1 Å². The van der Waals surface area contributed by atoms with Gasteiger partial charge in [0.25, 0.3) is 0 Å². The minimum Gasteiger partial charge on any atom is -0.352 e. The first-order valence-electron chi connectivity index (χ1n) is 5.97. The molecular formula is C13H18F2N2O. The number of halogens is 2. The van der Waals surface area contributed by atoms with Gasteiger partial charge in [-0.25, -0.2) is 8.78 Å². The zero-order chi connectivity index (χ0) is 13.5. The van der Waals surface area contributed by atoms with Crippen molar-refractivity contribution in [2.75, 3.05) is 6.54 Å². The Kier molecular flexibility index (Phi) is 5.71. The van der Waals surface area contributed by atoms with E-state index in [1.54, 1.807) is 0 Å². The van der Waals surface area contributed by atoms with Crippen LogP contribution in [0.4, 0.5) is 8.78 Å². The molecule has 0 spiro atoms. The van der Waals surface area contributed by atoms with E-state index in [9.17, 15) is 13.6 Å². The molecule has 5 heteroatoms. The molecule has 18 heavy (non-hydrogen) atoms. The number of carbonyl (C=O) groups is 1. The molecule has 0 radical (unpaired) electrons. The third kappa shape index (κ3) is 4.41. The molecule has 1 atom stereocenters. The van der Waals surface area contributed by atoms with Gasteiger partial charge in [0.1, 0.15) is 11.6 Å². The van der Waals surface area contributed by atoms with Crippen molar-refractivity contribution < 1.29 is 13.6 Å². The molecule has 1 aromatic rings. The second-order valence-electron chi connectivity index (χ2n) is 4.23. The lowest BCUT2D eigenvalue weighted by Gasteiger charge is -2.12. The van der Waals surface area contributed by atoms with Crippen molar-refractivity contribution in [1.82, 2.24) is 5.32 Å². The van der Waals surface area contributed by atoms with Crippen molar-refractivity contribution in [2.24, 2.45) is 11.7 Å². The van der Waals surface area contributed by atoms with Gasteiger partial charge in [-0.2, -0.15) is 0 Å². The molecule has 3 N–H and O–H groups in total. The number of hydrogen-bond acceptors (Lipinski definition) is 2. The Balaban J connectivity index is 2.49. The first-order chi connectivity index (χ1) is 8.56. The molecule has 0 bridgehead atoms. The number of amides is 1. The van der Waals surface area contributed by atoms with Crippen LogP contribution in [0.25, 0.3) is 0 Å². The van der Waals surface area contributed by atoms with Crippen molar-refractivity contribution in [3.05, 3.63) is 35.4 Å². The molecule has 0 aliphatic heterocycles. The van der Waals surface area contributed by atoms with Crippen LogP contribution < -0.4 is 11.1 Å². The molecule has 0 aromatic heterocycles. The average Bonchev–Trinajstić information content (AvgIpc) is 2.37. The minimum absolute atomic E-state index is 0.0105. The van der Waals surface area contributed by atoms with Crippen LogP contribution in [0.2, 0.25) is 0 Å². The summed E-state index contributed by atoms with van der Waals surface area (Å²) in [6.07, 6.45) is 1.13. The summed E-state index contributed by atoms with van der Waals surface area (Å²) in [5.41, 5.74) is 5.64. The molecule has 1 amide bonds. The van der Waals surface area contributed by atoms with Crippen molar-refractivity contribution in [1.29, 1.82) is 0 Å². The summed E-state index contributed by atoms with van der Waals surface area (Å²) in [6.45, 7) is 2.39. The van der Waals surface area contributed by atoms with Crippen molar-refractivity contribution in [3.63, 3.8) is 0 Å². The molecule has 0 saturated carbocycles. The molecule has 100 valence electrons. The zero-order valence-electron chi connectivity index (χ0n) is 10.4. The maximum atomic E-state index is 13.3. The fourth-order valence-electron chi connectivity index (χ4n) is 1.60. The first-order valence-corrected chi connectivity index (χ1v) is 5.97. The monoisotopic (exact) mass is 256 g/mol. The molecule has 1 aromatic carbocycles. The Bertz CT molecular complexity index is 406. The van der Waals surface area contributed by atoms with E-state index in [4.69, 9.17) is 5.73 Å². The van der Waals surface area contributed by atoms with E-state index in [0.717, 1.165) is 24.6 Å². The van der Waals surface area contributed by atoms with Crippen LogP contribution in [-0.4, -0.2) is 12.5 Å². The van der Waals surface area contributed by atoms with E-state index >= 15 is 0 Å². The molecule has 0 saturated heterocycles. The molecule has 0 aliphatic carbocycles. The summed E-state index contributed by atoms with van der Waals surface area (Å²) < 4.78 is 26.2. The first kappa shape index (κ1) is 14.6. The number of nitrogens with one attached hydrogen (secondary N) is 1. The van der Waals surface area contributed by atoms with E-state index in [1.807, 2.05) is 6.92 Å². The van der Waals surface area contributed by atoms with Gasteiger partial charge in [-0.3, -0.25) is 4.79 Å². The quantitative estimate of drug-likeness (QED) is 0.817. The summed E-state index contributed by atoms with van der Waals surface area (Å²) in [6, 6.07) is 3.17. The summed E-state index contributed by atoms with van der Waals surface area (Å²) in [5.74, 6) is -1.12. The highest BCUT2D eigenvalue weighted by atomic mass is 19.1. The predicted octanol–water partition coefficient (Wildman–Crippen LogP) is 1.96. The van der Waals surface area contributed by atoms with Crippen LogP contribution in [0.5, 0.6) is 0 Å². The lowest BCUT2D eigenvalue weighted by Crippen LogP contribution is -2.28. The Morgan fingerprint density at radius 3 is 2.78 bits per heavy atom.